The Kier molecular flexibility index (Phi) is 5.47. The molecule has 0 spiro atoms. The van der Waals surface area contributed by atoms with Crippen LogP contribution >= 0.6 is 27.5 Å². The normalized spacial score (nSPS) is 12.9. The van der Waals surface area contributed by atoms with Crippen molar-refractivity contribution in [3.63, 3.8) is 0 Å². The van der Waals surface area contributed by atoms with Crippen molar-refractivity contribution in [2.75, 3.05) is 6.54 Å². The van der Waals surface area contributed by atoms with Gasteiger partial charge in [0.2, 0.25) is 0 Å². The largest absolute Gasteiger partial charge is 0.305 e. The van der Waals surface area contributed by atoms with E-state index in [1.165, 1.54) is 11.1 Å². The van der Waals surface area contributed by atoms with Gasteiger partial charge >= 0.3 is 0 Å². The van der Waals surface area contributed by atoms with Crippen molar-refractivity contribution in [1.29, 1.82) is 0 Å². The summed E-state index contributed by atoms with van der Waals surface area (Å²) in [5, 5.41) is 8.64. The Morgan fingerprint density at radius 1 is 1.38 bits per heavy atom. The van der Waals surface area contributed by atoms with Gasteiger partial charge in [-0.25, -0.2) is 0 Å². The van der Waals surface area contributed by atoms with Crippen LogP contribution in [0, 0.1) is 6.92 Å². The van der Waals surface area contributed by atoms with E-state index in [2.05, 4.69) is 72.2 Å². The summed E-state index contributed by atoms with van der Waals surface area (Å²) in [5.41, 5.74) is 3.42. The zero-order chi connectivity index (χ0) is 15.6. The molecule has 1 aromatic heterocycles. The predicted molar refractivity (Wildman–Crippen MR) is 92.0 cm³/mol. The molecule has 1 aromatic carbocycles. The number of nitrogens with zero attached hydrogens (tertiary/aromatic N) is 2. The summed E-state index contributed by atoms with van der Waals surface area (Å²) in [6.07, 6.45) is 1.73. The van der Waals surface area contributed by atoms with Crippen LogP contribution in [0.2, 0.25) is 5.02 Å². The number of aromatic nitrogens is 2. The molecular weight excluding hydrogens is 350 g/mol. The van der Waals surface area contributed by atoms with Crippen molar-refractivity contribution in [2.24, 2.45) is 0 Å². The molecule has 0 bridgehead atoms. The minimum atomic E-state index is 0.0318. The van der Waals surface area contributed by atoms with Crippen molar-refractivity contribution in [3.8, 4) is 0 Å². The minimum absolute atomic E-state index is 0.0318. The van der Waals surface area contributed by atoms with E-state index in [1.807, 2.05) is 4.68 Å². The zero-order valence-corrected chi connectivity index (χ0v) is 15.2. The second kappa shape index (κ2) is 6.95. The fourth-order valence-corrected chi connectivity index (χ4v) is 3.03. The molecule has 0 radical (unpaired) electrons. The number of nitrogens with one attached hydrogen (secondary N) is 1. The molecule has 1 N–H and O–H groups in total. The Bertz CT molecular complexity index is 622. The lowest BCUT2D eigenvalue weighted by molar-refractivity contribution is 0.476. The molecule has 0 aliphatic heterocycles. The number of rotatable bonds is 5. The molecule has 1 unspecified atom stereocenters. The van der Waals surface area contributed by atoms with E-state index in [1.54, 1.807) is 6.20 Å². The summed E-state index contributed by atoms with van der Waals surface area (Å²) in [7, 11) is 0. The molecule has 1 heterocycles. The van der Waals surface area contributed by atoms with Crippen molar-refractivity contribution < 1.29 is 0 Å². The molecule has 0 saturated carbocycles. The summed E-state index contributed by atoms with van der Waals surface area (Å²) in [6, 6.07) is 6.71. The van der Waals surface area contributed by atoms with Crippen molar-refractivity contribution in [2.45, 2.75) is 39.8 Å². The molecule has 2 aromatic rings. The quantitative estimate of drug-likeness (QED) is 0.812. The summed E-state index contributed by atoms with van der Waals surface area (Å²) in [4.78, 5) is 0. The third-order valence-electron chi connectivity index (χ3n) is 3.49. The van der Waals surface area contributed by atoms with Crippen molar-refractivity contribution in [3.05, 3.63) is 50.7 Å². The van der Waals surface area contributed by atoms with Crippen LogP contribution in [0.3, 0.4) is 0 Å². The van der Waals surface area contributed by atoms with E-state index in [0.717, 1.165) is 16.7 Å². The van der Waals surface area contributed by atoms with Gasteiger partial charge in [-0.1, -0.05) is 46.6 Å². The molecule has 3 nitrogen and oxygen atoms in total. The molecular formula is C16H21BrClN3. The Labute approximate surface area is 139 Å². The summed E-state index contributed by atoms with van der Waals surface area (Å²) >= 11 is 10.0. The third-order valence-corrected chi connectivity index (χ3v) is 4.63. The van der Waals surface area contributed by atoms with Gasteiger partial charge in [-0.3, -0.25) is 4.68 Å². The zero-order valence-electron chi connectivity index (χ0n) is 12.8. The average molecular weight is 371 g/mol. The van der Waals surface area contributed by atoms with Gasteiger partial charge in [0, 0.05) is 10.5 Å². The number of hydrogen-bond donors (Lipinski definition) is 1. The van der Waals surface area contributed by atoms with Gasteiger partial charge in [0.25, 0.3) is 0 Å². The predicted octanol–water partition coefficient (Wildman–Crippen LogP) is 4.89. The van der Waals surface area contributed by atoms with Crippen LogP contribution in [-0.2, 0) is 0 Å². The van der Waals surface area contributed by atoms with Crippen LogP contribution in [-0.4, -0.2) is 16.3 Å². The van der Waals surface area contributed by atoms with Crippen molar-refractivity contribution >= 4 is 27.5 Å². The highest BCUT2D eigenvalue weighted by Gasteiger charge is 2.23. The first-order valence-corrected chi connectivity index (χ1v) is 8.35. The van der Waals surface area contributed by atoms with E-state index in [9.17, 15) is 0 Å². The van der Waals surface area contributed by atoms with Gasteiger partial charge < -0.3 is 5.32 Å². The molecule has 2 rings (SSSR count). The Morgan fingerprint density at radius 3 is 2.67 bits per heavy atom. The highest BCUT2D eigenvalue weighted by Crippen LogP contribution is 2.32. The van der Waals surface area contributed by atoms with E-state index in [-0.39, 0.29) is 12.1 Å². The second-order valence-electron chi connectivity index (χ2n) is 5.42. The fourth-order valence-electron chi connectivity index (χ4n) is 2.40. The van der Waals surface area contributed by atoms with E-state index < -0.39 is 0 Å². The average Bonchev–Trinajstić information content (AvgIpc) is 2.81. The van der Waals surface area contributed by atoms with Gasteiger partial charge in [-0.05, 0) is 44.5 Å². The maximum absolute atomic E-state index is 6.41. The maximum Gasteiger partial charge on any atom is 0.0837 e. The van der Waals surface area contributed by atoms with Crippen LogP contribution in [0.4, 0.5) is 0 Å². The van der Waals surface area contributed by atoms with Crippen LogP contribution < -0.4 is 5.32 Å². The topological polar surface area (TPSA) is 29.9 Å². The van der Waals surface area contributed by atoms with Crippen molar-refractivity contribution in [1.82, 2.24) is 15.1 Å². The summed E-state index contributed by atoms with van der Waals surface area (Å²) in [5.74, 6) is 0. The summed E-state index contributed by atoms with van der Waals surface area (Å²) in [6.45, 7) is 9.26. The minimum Gasteiger partial charge on any atom is -0.305 e. The smallest absolute Gasteiger partial charge is 0.0837 e. The Hall–Kier alpha value is -0.840. The van der Waals surface area contributed by atoms with E-state index >= 15 is 0 Å². The van der Waals surface area contributed by atoms with Gasteiger partial charge in [-0.15, -0.1) is 0 Å². The summed E-state index contributed by atoms with van der Waals surface area (Å²) < 4.78 is 3.10. The highest BCUT2D eigenvalue weighted by atomic mass is 79.9. The lowest BCUT2D eigenvalue weighted by Crippen LogP contribution is -2.26. The van der Waals surface area contributed by atoms with Crippen LogP contribution in [0.1, 0.15) is 49.7 Å². The molecule has 0 amide bonds. The molecule has 114 valence electrons. The fraction of sp³-hybridized carbons (Fsp3) is 0.438. The standard InChI is InChI=1S/C16H21BrClN3/c1-5-19-15(12-7-6-11(4)13(17)8-12)16-14(18)9-20-21(16)10(2)3/h6-10,15,19H,5H2,1-4H3. The molecule has 0 fully saturated rings. The first kappa shape index (κ1) is 16.5. The third kappa shape index (κ3) is 3.50. The van der Waals surface area contributed by atoms with Gasteiger partial charge in [0.15, 0.2) is 0 Å². The molecule has 0 aliphatic carbocycles. The lowest BCUT2D eigenvalue weighted by Gasteiger charge is -2.22. The molecule has 5 heteroatoms. The number of aryl methyl sites for hydroxylation is 1. The molecule has 0 aliphatic rings. The van der Waals surface area contributed by atoms with Crippen LogP contribution in [0.25, 0.3) is 0 Å². The van der Waals surface area contributed by atoms with Gasteiger partial charge in [0.1, 0.15) is 0 Å². The SMILES string of the molecule is CCNC(c1ccc(C)c(Br)c1)c1c(Cl)cnn1C(C)C. The number of halogens is 2. The maximum atomic E-state index is 6.41. The molecule has 1 atom stereocenters. The second-order valence-corrected chi connectivity index (χ2v) is 6.68. The molecule has 0 saturated heterocycles. The monoisotopic (exact) mass is 369 g/mol. The number of hydrogen-bond acceptors (Lipinski definition) is 2. The Balaban J connectivity index is 2.53. The molecule has 21 heavy (non-hydrogen) atoms. The number of benzene rings is 1. The van der Waals surface area contributed by atoms with Gasteiger partial charge in [0.05, 0.1) is 23.0 Å². The van der Waals surface area contributed by atoms with Crippen LogP contribution in [0.15, 0.2) is 28.9 Å². The Morgan fingerprint density at radius 2 is 2.10 bits per heavy atom. The first-order chi connectivity index (χ1) is 9.95. The van der Waals surface area contributed by atoms with Gasteiger partial charge in [-0.2, -0.15) is 5.10 Å². The lowest BCUT2D eigenvalue weighted by atomic mass is 10.0. The van der Waals surface area contributed by atoms with E-state index in [0.29, 0.717) is 5.02 Å². The van der Waals surface area contributed by atoms with E-state index in [4.69, 9.17) is 11.6 Å². The van der Waals surface area contributed by atoms with Crippen LogP contribution in [0.5, 0.6) is 0 Å². The first-order valence-electron chi connectivity index (χ1n) is 7.18. The highest BCUT2D eigenvalue weighted by molar-refractivity contribution is 9.10.